The predicted octanol–water partition coefficient (Wildman–Crippen LogP) is 5.17. The fourth-order valence-electron chi connectivity index (χ4n) is 5.01. The van der Waals surface area contributed by atoms with Crippen LogP contribution in [0.5, 0.6) is 0 Å². The number of hydrogen-bond donors (Lipinski definition) is 2. The van der Waals surface area contributed by atoms with Gasteiger partial charge in [-0.25, -0.2) is 4.79 Å². The number of anilines is 3. The van der Waals surface area contributed by atoms with Crippen molar-refractivity contribution in [2.45, 2.75) is 32.8 Å². The lowest BCUT2D eigenvalue weighted by Gasteiger charge is -2.28. The van der Waals surface area contributed by atoms with Gasteiger partial charge in [0, 0.05) is 37.4 Å². The minimum absolute atomic E-state index is 0.0326. The van der Waals surface area contributed by atoms with Crippen LogP contribution in [0.2, 0.25) is 0 Å². The first kappa shape index (κ1) is 28.3. The van der Waals surface area contributed by atoms with Gasteiger partial charge in [-0.2, -0.15) is 0 Å². The molecule has 2 heterocycles. The number of hydrogen-bond acceptors (Lipinski definition) is 6. The number of amides is 3. The average Bonchev–Trinajstić information content (AvgIpc) is 3.26. The van der Waals surface area contributed by atoms with E-state index in [2.05, 4.69) is 15.5 Å². The maximum Gasteiger partial charge on any atom is 0.412 e. The van der Waals surface area contributed by atoms with Gasteiger partial charge in [0.05, 0.1) is 31.0 Å². The van der Waals surface area contributed by atoms with Crippen LogP contribution in [0, 0.1) is 0 Å². The Kier molecular flexibility index (Phi) is 8.37. The van der Waals surface area contributed by atoms with Crippen molar-refractivity contribution in [1.82, 2.24) is 4.90 Å². The molecule has 1 saturated heterocycles. The van der Waals surface area contributed by atoms with Crippen LogP contribution < -0.4 is 15.5 Å². The van der Waals surface area contributed by atoms with Crippen LogP contribution in [-0.2, 0) is 20.7 Å². The molecule has 0 unspecified atom stereocenters. The number of nitrogens with one attached hydrogen (secondary N) is 2. The second-order valence-electron chi connectivity index (χ2n) is 11.2. The zero-order valence-corrected chi connectivity index (χ0v) is 23.7. The molecule has 9 heteroatoms. The predicted molar refractivity (Wildman–Crippen MR) is 159 cm³/mol. The van der Waals surface area contributed by atoms with Crippen molar-refractivity contribution in [2.75, 3.05) is 54.9 Å². The standard InChI is InChI=1S/C32H36N4O5/c1-32(2,3)41-31(39)34-26-11-9-23(22-7-5-4-6-8-22)20-27(26)33-30(38)24-10-12-28-25(19-24)21-29(37)36(28)14-13-35-15-17-40-18-16-35/h4-12,19-20H,13-18,21H2,1-3H3,(H,33,38)(H,34,39). The van der Waals surface area contributed by atoms with Gasteiger partial charge in [0.2, 0.25) is 5.91 Å². The summed E-state index contributed by atoms with van der Waals surface area (Å²) in [5.41, 5.74) is 4.14. The molecule has 0 saturated carbocycles. The van der Waals surface area contributed by atoms with E-state index in [9.17, 15) is 14.4 Å². The van der Waals surface area contributed by atoms with Crippen molar-refractivity contribution in [3.05, 3.63) is 77.9 Å². The smallest absolute Gasteiger partial charge is 0.412 e. The molecule has 0 bridgehead atoms. The van der Waals surface area contributed by atoms with E-state index in [1.807, 2.05) is 48.5 Å². The van der Waals surface area contributed by atoms with Gasteiger partial charge in [0.1, 0.15) is 5.60 Å². The highest BCUT2D eigenvalue weighted by atomic mass is 16.6. The molecule has 1 fully saturated rings. The highest BCUT2D eigenvalue weighted by Gasteiger charge is 2.28. The summed E-state index contributed by atoms with van der Waals surface area (Å²) < 4.78 is 10.8. The van der Waals surface area contributed by atoms with Gasteiger partial charge in [-0.1, -0.05) is 36.4 Å². The number of carbonyl (C=O) groups excluding carboxylic acids is 3. The molecule has 2 N–H and O–H groups in total. The van der Waals surface area contributed by atoms with E-state index in [1.165, 1.54) is 0 Å². The SMILES string of the molecule is CC(C)(C)OC(=O)Nc1ccc(-c2ccccc2)cc1NC(=O)c1ccc2c(c1)CC(=O)N2CCN1CCOCC1. The first-order valence-electron chi connectivity index (χ1n) is 13.9. The molecule has 0 radical (unpaired) electrons. The van der Waals surface area contributed by atoms with Gasteiger partial charge >= 0.3 is 6.09 Å². The zero-order valence-electron chi connectivity index (χ0n) is 23.7. The zero-order chi connectivity index (χ0) is 29.0. The van der Waals surface area contributed by atoms with Gasteiger partial charge in [0.15, 0.2) is 0 Å². The van der Waals surface area contributed by atoms with E-state index in [0.29, 0.717) is 36.7 Å². The Labute approximate surface area is 240 Å². The minimum atomic E-state index is -0.671. The Morgan fingerprint density at radius 3 is 2.37 bits per heavy atom. The quantitative estimate of drug-likeness (QED) is 0.416. The van der Waals surface area contributed by atoms with Gasteiger partial charge < -0.3 is 19.7 Å². The summed E-state index contributed by atoms with van der Waals surface area (Å²) in [6.45, 7) is 9.90. The largest absolute Gasteiger partial charge is 0.444 e. The van der Waals surface area contributed by atoms with E-state index >= 15 is 0 Å². The molecule has 0 aromatic heterocycles. The van der Waals surface area contributed by atoms with Crippen molar-refractivity contribution in [3.8, 4) is 11.1 Å². The first-order valence-corrected chi connectivity index (χ1v) is 13.9. The first-order chi connectivity index (χ1) is 19.7. The van der Waals surface area contributed by atoms with Crippen LogP contribution in [0.1, 0.15) is 36.7 Å². The van der Waals surface area contributed by atoms with Crippen molar-refractivity contribution < 1.29 is 23.9 Å². The van der Waals surface area contributed by atoms with E-state index in [0.717, 1.165) is 42.0 Å². The summed E-state index contributed by atoms with van der Waals surface area (Å²) >= 11 is 0. The molecule has 41 heavy (non-hydrogen) atoms. The number of nitrogens with zero attached hydrogens (tertiary/aromatic N) is 2. The number of morpholine rings is 1. The van der Waals surface area contributed by atoms with Crippen molar-refractivity contribution in [3.63, 3.8) is 0 Å². The van der Waals surface area contributed by atoms with Crippen LogP contribution in [0.3, 0.4) is 0 Å². The van der Waals surface area contributed by atoms with E-state index in [1.54, 1.807) is 43.9 Å². The lowest BCUT2D eigenvalue weighted by molar-refractivity contribution is -0.117. The lowest BCUT2D eigenvalue weighted by Crippen LogP contribution is -2.42. The Bertz CT molecular complexity index is 1430. The molecular formula is C32H36N4O5. The molecular weight excluding hydrogens is 520 g/mol. The Morgan fingerprint density at radius 2 is 1.63 bits per heavy atom. The molecule has 3 aromatic carbocycles. The third-order valence-electron chi connectivity index (χ3n) is 7.03. The Morgan fingerprint density at radius 1 is 0.878 bits per heavy atom. The lowest BCUT2D eigenvalue weighted by atomic mass is 10.0. The summed E-state index contributed by atoms with van der Waals surface area (Å²) in [6, 6.07) is 20.6. The highest BCUT2D eigenvalue weighted by Crippen LogP contribution is 2.32. The molecule has 3 aromatic rings. The molecule has 214 valence electrons. The van der Waals surface area contributed by atoms with Gasteiger partial charge in [-0.05, 0) is 67.8 Å². The molecule has 0 aliphatic carbocycles. The Hall–Kier alpha value is -4.21. The maximum absolute atomic E-state index is 13.5. The molecule has 2 aliphatic heterocycles. The average molecular weight is 557 g/mol. The highest BCUT2D eigenvalue weighted by molar-refractivity contribution is 6.09. The molecule has 3 amide bonds. The Balaban J connectivity index is 1.35. The topological polar surface area (TPSA) is 100 Å². The number of ether oxygens (including phenoxy) is 2. The van der Waals surface area contributed by atoms with E-state index in [4.69, 9.17) is 9.47 Å². The monoisotopic (exact) mass is 556 g/mol. The number of carbonyl (C=O) groups is 3. The fraction of sp³-hybridized carbons (Fsp3) is 0.344. The van der Waals surface area contributed by atoms with Crippen molar-refractivity contribution >= 4 is 35.0 Å². The second kappa shape index (κ2) is 12.1. The van der Waals surface area contributed by atoms with Crippen LogP contribution in [0.15, 0.2) is 66.7 Å². The summed E-state index contributed by atoms with van der Waals surface area (Å²) in [7, 11) is 0. The molecule has 5 rings (SSSR count). The number of rotatable bonds is 7. The second-order valence-corrected chi connectivity index (χ2v) is 11.2. The third-order valence-corrected chi connectivity index (χ3v) is 7.03. The van der Waals surface area contributed by atoms with E-state index in [-0.39, 0.29) is 18.2 Å². The number of fused-ring (bicyclic) bond motifs is 1. The summed E-state index contributed by atoms with van der Waals surface area (Å²) in [5.74, 6) is -0.310. The van der Waals surface area contributed by atoms with E-state index < -0.39 is 11.7 Å². The molecule has 2 aliphatic rings. The molecule has 0 atom stereocenters. The van der Waals surface area contributed by atoms with Crippen molar-refractivity contribution in [2.24, 2.45) is 0 Å². The summed E-state index contributed by atoms with van der Waals surface area (Å²) in [5, 5.41) is 5.72. The molecule has 9 nitrogen and oxygen atoms in total. The summed E-state index contributed by atoms with van der Waals surface area (Å²) in [6.07, 6.45) is -0.359. The van der Waals surface area contributed by atoms with Crippen LogP contribution in [0.25, 0.3) is 11.1 Å². The summed E-state index contributed by atoms with van der Waals surface area (Å²) in [4.78, 5) is 42.9. The van der Waals surface area contributed by atoms with Gasteiger partial charge in [-0.3, -0.25) is 19.8 Å². The van der Waals surface area contributed by atoms with Crippen LogP contribution >= 0.6 is 0 Å². The fourth-order valence-corrected chi connectivity index (χ4v) is 5.01. The molecule has 0 spiro atoms. The third kappa shape index (κ3) is 7.11. The van der Waals surface area contributed by atoms with Gasteiger partial charge in [0.25, 0.3) is 5.91 Å². The van der Waals surface area contributed by atoms with Crippen LogP contribution in [-0.4, -0.2) is 67.8 Å². The maximum atomic E-state index is 13.5. The minimum Gasteiger partial charge on any atom is -0.444 e. The number of benzene rings is 3. The van der Waals surface area contributed by atoms with Crippen molar-refractivity contribution in [1.29, 1.82) is 0 Å². The normalized spacial score (nSPS) is 15.4. The van der Waals surface area contributed by atoms with Crippen LogP contribution in [0.4, 0.5) is 21.9 Å². The van der Waals surface area contributed by atoms with Gasteiger partial charge in [-0.15, -0.1) is 0 Å².